The second kappa shape index (κ2) is 15.4. The number of nitrogens with zero attached hydrogens (tertiary/aromatic N) is 2. The van der Waals surface area contributed by atoms with Gasteiger partial charge >= 0.3 is 5.97 Å². The predicted molar refractivity (Wildman–Crippen MR) is 192 cm³/mol. The minimum atomic E-state index is -2.20. The van der Waals surface area contributed by atoms with Gasteiger partial charge in [0, 0.05) is 35.1 Å². The van der Waals surface area contributed by atoms with Crippen LogP contribution in [-0.4, -0.2) is 73.6 Å². The van der Waals surface area contributed by atoms with Crippen molar-refractivity contribution in [2.75, 3.05) is 19.8 Å². The lowest BCUT2D eigenvalue weighted by atomic mass is 9.91. The number of hydrogen-bond donors (Lipinski definition) is 3. The number of carbonyl (C=O) groups excluding carboxylic acids is 3. The highest BCUT2D eigenvalue weighted by Gasteiger charge is 2.47. The molecular formula is C35H52N4O7SSi. The van der Waals surface area contributed by atoms with Gasteiger partial charge in [0.1, 0.15) is 12.0 Å². The number of nitrogens with one attached hydrogen (secondary N) is 2. The summed E-state index contributed by atoms with van der Waals surface area (Å²) in [6.45, 7) is 20.6. The minimum absolute atomic E-state index is 0.0379. The summed E-state index contributed by atoms with van der Waals surface area (Å²) in [4.78, 5) is 43.1. The lowest BCUT2D eigenvalue weighted by molar-refractivity contribution is -0.145. The fourth-order valence-corrected chi connectivity index (χ4v) is 7.98. The summed E-state index contributed by atoms with van der Waals surface area (Å²) in [5.74, 6) is -1.54. The van der Waals surface area contributed by atoms with E-state index in [0.29, 0.717) is 12.2 Å². The van der Waals surface area contributed by atoms with E-state index in [0.717, 1.165) is 28.2 Å². The molecule has 1 aromatic heterocycles. The van der Waals surface area contributed by atoms with Crippen LogP contribution in [0.1, 0.15) is 90.7 Å². The second-order valence-corrected chi connectivity index (χ2v) is 20.1. The van der Waals surface area contributed by atoms with Crippen LogP contribution in [0.25, 0.3) is 4.91 Å². The standard InChI is InChI=1S/C35H52N4O7SSi/c1-11-43-30(40)19-44-29-17-28(45-38-29)31(21(2)3)34(42)39-18-26(46-48(9,10)35(6,7)8)16-27(39)33(41)37-22(4)24-12-14-25(15-13-24)32-23(5)36-20-47-32/h12-15,17,20-22,26-27,31,36,47H,11,16,18-19H2,1-10H3,(H,37,41)/t22-,26+,27-,31?/m0/s1. The molecule has 0 saturated carbocycles. The molecule has 2 amide bonds. The molecular weight excluding hydrogens is 649 g/mol. The molecule has 3 heterocycles. The Morgan fingerprint density at radius 2 is 1.85 bits per heavy atom. The molecule has 1 saturated heterocycles. The minimum Gasteiger partial charge on any atom is -0.463 e. The molecule has 4 rings (SSSR count). The molecule has 11 nitrogen and oxygen atoms in total. The van der Waals surface area contributed by atoms with Gasteiger partial charge in [0.2, 0.25) is 11.8 Å². The van der Waals surface area contributed by atoms with Crippen molar-refractivity contribution in [2.24, 2.45) is 5.92 Å². The van der Waals surface area contributed by atoms with E-state index in [1.54, 1.807) is 11.8 Å². The summed E-state index contributed by atoms with van der Waals surface area (Å²) in [6, 6.07) is 8.75. The summed E-state index contributed by atoms with van der Waals surface area (Å²) in [5.41, 5.74) is 5.26. The number of likely N-dealkylation sites (tertiary alicyclic amines) is 1. The van der Waals surface area contributed by atoms with E-state index in [-0.39, 0.29) is 60.6 Å². The van der Waals surface area contributed by atoms with Crippen LogP contribution in [0.4, 0.5) is 0 Å². The molecule has 1 fully saturated rings. The fraction of sp³-hybridized carbons (Fsp3) is 0.571. The molecule has 0 bridgehead atoms. The maximum Gasteiger partial charge on any atom is 0.344 e. The zero-order valence-corrected chi connectivity index (χ0v) is 31.8. The molecule has 0 radical (unpaired) electrons. The van der Waals surface area contributed by atoms with Crippen LogP contribution in [-0.2, 0) is 23.5 Å². The van der Waals surface area contributed by atoms with Gasteiger partial charge in [0.05, 0.1) is 18.8 Å². The van der Waals surface area contributed by atoms with Crippen molar-refractivity contribution in [3.8, 4) is 5.88 Å². The number of thiol groups is 1. The van der Waals surface area contributed by atoms with Crippen LogP contribution in [0, 0.1) is 5.92 Å². The molecule has 48 heavy (non-hydrogen) atoms. The molecule has 1 aromatic carbocycles. The van der Waals surface area contributed by atoms with Crippen molar-refractivity contribution in [3.63, 3.8) is 0 Å². The number of benzene rings is 1. The first kappa shape index (κ1) is 37.4. The highest BCUT2D eigenvalue weighted by atomic mass is 32.1. The zero-order chi connectivity index (χ0) is 35.4. The van der Waals surface area contributed by atoms with Crippen molar-refractivity contribution in [2.45, 2.75) is 104 Å². The van der Waals surface area contributed by atoms with Gasteiger partial charge in [-0.2, -0.15) is 11.4 Å². The molecule has 1 unspecified atom stereocenters. The summed E-state index contributed by atoms with van der Waals surface area (Å²) >= 11 is 1.13. The quantitative estimate of drug-likeness (QED) is 0.104. The SMILES string of the molecule is CCOC(=O)COc1cc(C(C(=O)N2C[C@H](O[Si](C)(C)C(C)(C)C)C[C@H]2C(=O)N[C@@H](C)c2ccc(C3=C(C)NC=[SH]3)cc2)C(C)C)on1. The number of carbonyl (C=O) groups is 3. The van der Waals surface area contributed by atoms with Crippen molar-refractivity contribution < 1.29 is 32.8 Å². The average Bonchev–Trinajstić information content (AvgIpc) is 3.75. The molecule has 264 valence electrons. The number of esters is 1. The highest BCUT2D eigenvalue weighted by molar-refractivity contribution is 8.06. The third-order valence-corrected chi connectivity index (χ3v) is 15.0. The van der Waals surface area contributed by atoms with Crippen LogP contribution in [0.5, 0.6) is 5.88 Å². The fourth-order valence-electron chi connectivity index (χ4n) is 5.68. The topological polar surface area (TPSA) is 132 Å². The number of hydrogen-bond acceptors (Lipinski definition) is 9. The predicted octanol–water partition coefficient (Wildman–Crippen LogP) is 5.74. The first-order valence-corrected chi connectivity index (χ1v) is 20.5. The van der Waals surface area contributed by atoms with Crippen molar-refractivity contribution in [3.05, 3.63) is 52.9 Å². The Balaban J connectivity index is 1.55. The van der Waals surface area contributed by atoms with E-state index in [1.807, 2.05) is 38.4 Å². The van der Waals surface area contributed by atoms with Crippen LogP contribution in [0.15, 0.2) is 40.6 Å². The monoisotopic (exact) mass is 700 g/mol. The Morgan fingerprint density at radius 1 is 1.17 bits per heavy atom. The van der Waals surface area contributed by atoms with Gasteiger partial charge < -0.3 is 34.0 Å². The van der Waals surface area contributed by atoms with Crippen LogP contribution < -0.4 is 15.4 Å². The van der Waals surface area contributed by atoms with E-state index >= 15 is 0 Å². The maximum atomic E-state index is 14.4. The summed E-state index contributed by atoms with van der Waals surface area (Å²) in [5, 5.41) is 10.3. The Bertz CT molecular complexity index is 1530. The maximum absolute atomic E-state index is 14.4. The van der Waals surface area contributed by atoms with Gasteiger partial charge in [-0.25, -0.2) is 4.79 Å². The van der Waals surface area contributed by atoms with E-state index in [9.17, 15) is 14.4 Å². The van der Waals surface area contributed by atoms with Gasteiger partial charge in [0.25, 0.3) is 5.88 Å². The molecule has 0 spiro atoms. The number of aromatic nitrogens is 1. The third kappa shape index (κ3) is 8.78. The molecule has 4 atom stereocenters. The lowest BCUT2D eigenvalue weighted by Crippen LogP contribution is -2.48. The number of rotatable bonds is 13. The van der Waals surface area contributed by atoms with Gasteiger partial charge in [-0.3, -0.25) is 9.59 Å². The van der Waals surface area contributed by atoms with Crippen LogP contribution >= 0.6 is 11.4 Å². The Kier molecular flexibility index (Phi) is 12.0. The van der Waals surface area contributed by atoms with Crippen molar-refractivity contribution in [1.29, 1.82) is 0 Å². The molecule has 0 aliphatic carbocycles. The van der Waals surface area contributed by atoms with E-state index < -0.39 is 26.2 Å². The summed E-state index contributed by atoms with van der Waals surface area (Å²) in [7, 11) is -2.20. The Labute approximate surface area is 289 Å². The average molecular weight is 701 g/mol. The first-order valence-electron chi connectivity index (χ1n) is 16.7. The van der Waals surface area contributed by atoms with Crippen molar-refractivity contribution >= 4 is 47.8 Å². The molecule has 2 aromatic rings. The van der Waals surface area contributed by atoms with Gasteiger partial charge in [-0.05, 0) is 61.1 Å². The Morgan fingerprint density at radius 3 is 2.44 bits per heavy atom. The number of allylic oxidation sites excluding steroid dienone is 1. The van der Waals surface area contributed by atoms with Crippen LogP contribution in [0.2, 0.25) is 18.1 Å². The van der Waals surface area contributed by atoms with E-state index in [4.69, 9.17) is 18.4 Å². The third-order valence-electron chi connectivity index (χ3n) is 9.38. The molecule has 2 aliphatic heterocycles. The Hall–Kier alpha value is -3.42. The molecule has 13 heteroatoms. The largest absolute Gasteiger partial charge is 0.463 e. The second-order valence-electron chi connectivity index (χ2n) is 14.4. The molecule has 2 aliphatic rings. The van der Waals surface area contributed by atoms with E-state index in [1.165, 1.54) is 11.0 Å². The highest BCUT2D eigenvalue weighted by Crippen LogP contribution is 2.40. The van der Waals surface area contributed by atoms with Gasteiger partial charge in [0.15, 0.2) is 20.7 Å². The van der Waals surface area contributed by atoms with E-state index in [2.05, 4.69) is 68.7 Å². The number of amides is 2. The zero-order valence-electron chi connectivity index (χ0n) is 29.9. The van der Waals surface area contributed by atoms with Crippen LogP contribution in [0.3, 0.4) is 0 Å². The lowest BCUT2D eigenvalue weighted by Gasteiger charge is -2.38. The van der Waals surface area contributed by atoms with Gasteiger partial charge in [-0.1, -0.05) is 58.9 Å². The van der Waals surface area contributed by atoms with Crippen molar-refractivity contribution in [1.82, 2.24) is 20.7 Å². The smallest absolute Gasteiger partial charge is 0.344 e. The number of ether oxygens (including phenoxy) is 2. The normalized spacial score (nSPS) is 19.5. The summed E-state index contributed by atoms with van der Waals surface area (Å²) in [6.07, 6.45) is 0.0969. The summed E-state index contributed by atoms with van der Waals surface area (Å²) < 4.78 is 22.7. The van der Waals surface area contributed by atoms with Gasteiger partial charge in [-0.15, -0.1) is 0 Å². The molecule has 2 N–H and O–H groups in total. The first-order chi connectivity index (χ1) is 22.5.